The Morgan fingerprint density at radius 1 is 0.939 bits per heavy atom. The van der Waals surface area contributed by atoms with Crippen LogP contribution in [0.1, 0.15) is 29.2 Å². The van der Waals surface area contributed by atoms with Crippen molar-refractivity contribution in [3.8, 4) is 0 Å². The monoisotopic (exact) mass is 457 g/mol. The molecule has 0 spiro atoms. The van der Waals surface area contributed by atoms with Crippen LogP contribution in [0, 0.1) is 5.82 Å². The van der Waals surface area contributed by atoms with Crippen LogP contribution in [-0.2, 0) is 32.8 Å². The van der Waals surface area contributed by atoms with Gasteiger partial charge >= 0.3 is 6.18 Å². The Hall–Kier alpha value is -3.39. The Morgan fingerprint density at radius 3 is 2.15 bits per heavy atom. The molecule has 4 nitrogen and oxygen atoms in total. The number of aromatic nitrogens is 2. The lowest BCUT2D eigenvalue weighted by Crippen LogP contribution is -2.24. The Labute approximate surface area is 188 Å². The number of aliphatic hydroxyl groups excluding tert-OH is 1. The Balaban J connectivity index is 2.02. The maximum atomic E-state index is 13.7. The maximum Gasteiger partial charge on any atom is 0.416 e. The molecule has 0 aliphatic rings. The van der Waals surface area contributed by atoms with Crippen LogP contribution < -0.4 is 5.62 Å². The predicted octanol–water partition coefficient (Wildman–Crippen LogP) is 5.47. The number of aliphatic hydroxyl groups is 1. The second-order valence-electron chi connectivity index (χ2n) is 7.86. The number of aryl methyl sites for hydroxylation is 2. The second-order valence-corrected chi connectivity index (χ2v) is 7.86. The fraction of sp³-hybridized carbons (Fsp3) is 0.240. The summed E-state index contributed by atoms with van der Waals surface area (Å²) in [5.74, 6) is -0.397. The smallest absolute Gasteiger partial charge is 0.392 e. The zero-order chi connectivity index (χ0) is 23.8. The zero-order valence-corrected chi connectivity index (χ0v) is 18.2. The summed E-state index contributed by atoms with van der Waals surface area (Å²) in [4.78, 5) is 4.65. The van der Waals surface area contributed by atoms with E-state index in [0.717, 1.165) is 17.2 Å². The molecule has 0 bridgehead atoms. The van der Waals surface area contributed by atoms with E-state index in [2.05, 4.69) is 4.99 Å². The van der Waals surface area contributed by atoms with Crippen LogP contribution >= 0.6 is 0 Å². The van der Waals surface area contributed by atoms with Gasteiger partial charge in [0.25, 0.3) is 0 Å². The van der Waals surface area contributed by atoms with Crippen molar-refractivity contribution in [3.05, 3.63) is 94.4 Å². The van der Waals surface area contributed by atoms with E-state index in [0.29, 0.717) is 34.3 Å². The average Bonchev–Trinajstić information content (AvgIpc) is 3.05. The molecule has 0 atom stereocenters. The molecule has 4 rings (SSSR count). The maximum absolute atomic E-state index is 13.7. The molecule has 172 valence electrons. The van der Waals surface area contributed by atoms with Gasteiger partial charge in [0.15, 0.2) is 0 Å². The highest BCUT2D eigenvalue weighted by Crippen LogP contribution is 2.33. The van der Waals surface area contributed by atoms with Gasteiger partial charge in [0.05, 0.1) is 35.4 Å². The van der Waals surface area contributed by atoms with Gasteiger partial charge in [-0.3, -0.25) is 0 Å². The van der Waals surface area contributed by atoms with Crippen LogP contribution in [0.5, 0.6) is 0 Å². The van der Waals surface area contributed by atoms with Crippen molar-refractivity contribution in [2.45, 2.75) is 32.7 Å². The minimum Gasteiger partial charge on any atom is -0.392 e. The van der Waals surface area contributed by atoms with Crippen molar-refractivity contribution in [1.82, 2.24) is 9.13 Å². The second kappa shape index (κ2) is 8.86. The van der Waals surface area contributed by atoms with E-state index in [9.17, 15) is 22.7 Å². The van der Waals surface area contributed by atoms with Crippen molar-refractivity contribution >= 4 is 16.7 Å². The fourth-order valence-electron chi connectivity index (χ4n) is 3.95. The normalized spacial score (nSPS) is 12.6. The zero-order valence-electron chi connectivity index (χ0n) is 18.2. The number of alkyl halides is 3. The molecule has 4 aromatic rings. The molecule has 0 aliphatic carbocycles. The number of fused-ring (bicyclic) bond motifs is 1. The van der Waals surface area contributed by atoms with Crippen LogP contribution in [0.15, 0.2) is 65.7 Å². The van der Waals surface area contributed by atoms with Crippen molar-refractivity contribution in [3.63, 3.8) is 0 Å². The third kappa shape index (κ3) is 4.57. The molecule has 0 amide bonds. The molecule has 33 heavy (non-hydrogen) atoms. The summed E-state index contributed by atoms with van der Waals surface area (Å²) in [5.41, 5.74) is 3.44. The summed E-state index contributed by atoms with van der Waals surface area (Å²) in [7, 11) is 1.77. The molecule has 0 fully saturated rings. The molecular weight excluding hydrogens is 434 g/mol. The van der Waals surface area contributed by atoms with E-state index in [-0.39, 0.29) is 13.2 Å². The standard InChI is InChI=1S/C25H23F4N3O/c1-3-18-12-19(25(27,28)29)13-22-23(18)31(2)24(30-21-10-8-20(26)9-11-21)32(22)14-16-4-6-17(15-33)7-5-16/h4-13,33H,3,14-15H2,1-2H3/b30-24-. The lowest BCUT2D eigenvalue weighted by atomic mass is 10.1. The van der Waals surface area contributed by atoms with Gasteiger partial charge in [-0.1, -0.05) is 31.2 Å². The van der Waals surface area contributed by atoms with E-state index >= 15 is 0 Å². The number of benzene rings is 3. The highest BCUT2D eigenvalue weighted by atomic mass is 19.4. The van der Waals surface area contributed by atoms with Gasteiger partial charge in [-0.05, 0) is 59.5 Å². The van der Waals surface area contributed by atoms with Crippen LogP contribution in [0.25, 0.3) is 11.0 Å². The van der Waals surface area contributed by atoms with Crippen molar-refractivity contribution < 1.29 is 22.7 Å². The lowest BCUT2D eigenvalue weighted by Gasteiger charge is -2.12. The van der Waals surface area contributed by atoms with E-state index in [1.165, 1.54) is 30.3 Å². The van der Waals surface area contributed by atoms with Crippen LogP contribution in [-0.4, -0.2) is 14.2 Å². The van der Waals surface area contributed by atoms with Crippen molar-refractivity contribution in [1.29, 1.82) is 0 Å². The first-order valence-electron chi connectivity index (χ1n) is 10.5. The molecule has 8 heteroatoms. The lowest BCUT2D eigenvalue weighted by molar-refractivity contribution is -0.137. The van der Waals surface area contributed by atoms with Gasteiger partial charge in [0, 0.05) is 7.05 Å². The molecule has 0 aliphatic heterocycles. The first-order valence-corrected chi connectivity index (χ1v) is 10.5. The topological polar surface area (TPSA) is 42.5 Å². The van der Waals surface area contributed by atoms with Gasteiger partial charge in [0.2, 0.25) is 5.62 Å². The van der Waals surface area contributed by atoms with Crippen LogP contribution in [0.3, 0.4) is 0 Å². The summed E-state index contributed by atoms with van der Waals surface area (Å²) in [6.45, 7) is 1.99. The SMILES string of the molecule is CCc1cc(C(F)(F)F)cc2c1n(C)/c(=N/c1ccc(F)cc1)n2Cc1ccc(CO)cc1. The third-order valence-electron chi connectivity index (χ3n) is 5.65. The van der Waals surface area contributed by atoms with Crippen molar-refractivity contribution in [2.24, 2.45) is 12.0 Å². The molecule has 1 heterocycles. The Morgan fingerprint density at radius 2 is 1.58 bits per heavy atom. The predicted molar refractivity (Wildman–Crippen MR) is 118 cm³/mol. The van der Waals surface area contributed by atoms with Gasteiger partial charge in [-0.2, -0.15) is 13.2 Å². The molecule has 1 aromatic heterocycles. The average molecular weight is 457 g/mol. The van der Waals surface area contributed by atoms with Crippen molar-refractivity contribution in [2.75, 3.05) is 0 Å². The first-order chi connectivity index (χ1) is 15.7. The molecule has 0 radical (unpaired) electrons. The fourth-order valence-corrected chi connectivity index (χ4v) is 3.95. The molecule has 0 unspecified atom stereocenters. The summed E-state index contributed by atoms with van der Waals surface area (Å²) < 4.78 is 57.9. The van der Waals surface area contributed by atoms with Gasteiger partial charge in [0.1, 0.15) is 5.82 Å². The van der Waals surface area contributed by atoms with Crippen LogP contribution in [0.4, 0.5) is 23.2 Å². The Kier molecular flexibility index (Phi) is 6.12. The summed E-state index contributed by atoms with van der Waals surface area (Å²) in [5, 5.41) is 9.30. The van der Waals surface area contributed by atoms with Gasteiger partial charge in [-0.15, -0.1) is 0 Å². The first kappa shape index (κ1) is 22.8. The molecule has 0 saturated carbocycles. The molecule has 3 aromatic carbocycles. The minimum atomic E-state index is -4.48. The number of rotatable bonds is 5. The van der Waals surface area contributed by atoms with E-state index in [4.69, 9.17) is 0 Å². The van der Waals surface area contributed by atoms with E-state index < -0.39 is 17.6 Å². The molecule has 1 N–H and O–H groups in total. The van der Waals surface area contributed by atoms with Crippen LogP contribution in [0.2, 0.25) is 0 Å². The largest absolute Gasteiger partial charge is 0.416 e. The highest BCUT2D eigenvalue weighted by Gasteiger charge is 2.32. The van der Waals surface area contributed by atoms with Gasteiger partial charge < -0.3 is 14.2 Å². The molecule has 0 saturated heterocycles. The summed E-state index contributed by atoms with van der Waals surface area (Å²) >= 11 is 0. The quantitative estimate of drug-likeness (QED) is 0.397. The number of hydrogen-bond donors (Lipinski definition) is 1. The number of imidazole rings is 1. The third-order valence-corrected chi connectivity index (χ3v) is 5.65. The summed E-state index contributed by atoms with van der Waals surface area (Å²) in [6, 6.07) is 15.2. The van der Waals surface area contributed by atoms with E-state index in [1.54, 1.807) is 28.3 Å². The summed E-state index contributed by atoms with van der Waals surface area (Å²) in [6.07, 6.45) is -4.07. The number of halogens is 4. The Bertz CT molecular complexity index is 1350. The minimum absolute atomic E-state index is 0.0956. The number of hydrogen-bond acceptors (Lipinski definition) is 2. The van der Waals surface area contributed by atoms with E-state index in [1.807, 2.05) is 19.1 Å². The molecular formula is C25H23F4N3O. The highest BCUT2D eigenvalue weighted by molar-refractivity contribution is 5.81. The van der Waals surface area contributed by atoms with Gasteiger partial charge in [-0.25, -0.2) is 9.38 Å². The number of nitrogens with zero attached hydrogens (tertiary/aromatic N) is 3.